The van der Waals surface area contributed by atoms with Gasteiger partial charge in [-0.1, -0.05) is 35.9 Å². The number of aryl methyl sites for hydroxylation is 3. The lowest BCUT2D eigenvalue weighted by atomic mass is 10.1. The Labute approximate surface area is 126 Å². The zero-order chi connectivity index (χ0) is 15.4. The summed E-state index contributed by atoms with van der Waals surface area (Å²) >= 11 is 0. The molecule has 0 radical (unpaired) electrons. The molecule has 0 saturated heterocycles. The zero-order valence-electron chi connectivity index (χ0n) is 13.0. The summed E-state index contributed by atoms with van der Waals surface area (Å²) in [6.07, 6.45) is 0. The van der Waals surface area contributed by atoms with Crippen molar-refractivity contribution >= 4 is 17.3 Å². The number of rotatable bonds is 4. The van der Waals surface area contributed by atoms with Gasteiger partial charge in [0, 0.05) is 11.4 Å². The van der Waals surface area contributed by atoms with Gasteiger partial charge >= 0.3 is 0 Å². The van der Waals surface area contributed by atoms with E-state index >= 15 is 0 Å². The van der Waals surface area contributed by atoms with E-state index in [4.69, 9.17) is 0 Å². The van der Waals surface area contributed by atoms with Gasteiger partial charge in [0.05, 0.1) is 0 Å². The molecule has 0 aromatic heterocycles. The topological polar surface area (TPSA) is 41.1 Å². The fourth-order valence-corrected chi connectivity index (χ4v) is 2.23. The summed E-state index contributed by atoms with van der Waals surface area (Å²) in [7, 11) is 0. The molecule has 1 unspecified atom stereocenters. The van der Waals surface area contributed by atoms with Crippen LogP contribution in [0, 0.1) is 20.8 Å². The molecule has 1 atom stereocenters. The smallest absolute Gasteiger partial charge is 0.246 e. The van der Waals surface area contributed by atoms with E-state index in [2.05, 4.69) is 23.6 Å². The Hall–Kier alpha value is -2.29. The van der Waals surface area contributed by atoms with Crippen LogP contribution in [0.1, 0.15) is 23.6 Å². The average Bonchev–Trinajstić information content (AvgIpc) is 2.44. The van der Waals surface area contributed by atoms with Crippen LogP contribution in [-0.2, 0) is 4.79 Å². The number of amides is 1. The predicted octanol–water partition coefficient (Wildman–Crippen LogP) is 4.05. The summed E-state index contributed by atoms with van der Waals surface area (Å²) in [6, 6.07) is 13.6. The van der Waals surface area contributed by atoms with Crippen molar-refractivity contribution in [1.29, 1.82) is 0 Å². The Kier molecular flexibility index (Phi) is 4.63. The van der Waals surface area contributed by atoms with Gasteiger partial charge in [-0.2, -0.15) is 0 Å². The minimum absolute atomic E-state index is 0.0377. The molecule has 2 rings (SSSR count). The Morgan fingerprint density at radius 3 is 2.33 bits per heavy atom. The van der Waals surface area contributed by atoms with Crippen molar-refractivity contribution in [1.82, 2.24) is 0 Å². The molecule has 3 heteroatoms. The molecule has 0 saturated carbocycles. The molecule has 0 aliphatic heterocycles. The van der Waals surface area contributed by atoms with Crippen LogP contribution in [0.3, 0.4) is 0 Å². The minimum atomic E-state index is -0.300. The fraction of sp³-hybridized carbons (Fsp3) is 0.278. The minimum Gasteiger partial charge on any atom is -0.374 e. The first-order valence-electron chi connectivity index (χ1n) is 7.17. The molecule has 1 amide bonds. The maximum absolute atomic E-state index is 12.3. The number of carbonyl (C=O) groups is 1. The number of carbonyl (C=O) groups excluding carboxylic acids is 1. The second-order valence-electron chi connectivity index (χ2n) is 5.49. The number of benzene rings is 2. The molecule has 2 aromatic rings. The molecule has 0 fully saturated rings. The van der Waals surface area contributed by atoms with Gasteiger partial charge in [-0.15, -0.1) is 0 Å². The highest BCUT2D eigenvalue weighted by Crippen LogP contribution is 2.18. The van der Waals surface area contributed by atoms with E-state index in [0.717, 1.165) is 22.5 Å². The van der Waals surface area contributed by atoms with Crippen molar-refractivity contribution in [3.8, 4) is 0 Å². The third-order valence-electron chi connectivity index (χ3n) is 3.55. The molecule has 21 heavy (non-hydrogen) atoms. The van der Waals surface area contributed by atoms with Crippen molar-refractivity contribution in [3.63, 3.8) is 0 Å². The summed E-state index contributed by atoms with van der Waals surface area (Å²) in [6.45, 7) is 7.96. The summed E-state index contributed by atoms with van der Waals surface area (Å²) in [5.74, 6) is -0.0377. The molecule has 0 spiro atoms. The quantitative estimate of drug-likeness (QED) is 0.888. The number of hydrogen-bond donors (Lipinski definition) is 2. The van der Waals surface area contributed by atoms with Gasteiger partial charge in [-0.3, -0.25) is 4.79 Å². The van der Waals surface area contributed by atoms with Gasteiger partial charge in [-0.05, 0) is 51.0 Å². The molecule has 0 aliphatic rings. The highest BCUT2D eigenvalue weighted by Gasteiger charge is 2.14. The average molecular weight is 282 g/mol. The molecule has 0 heterocycles. The van der Waals surface area contributed by atoms with Gasteiger partial charge in [0.25, 0.3) is 0 Å². The molecule has 3 nitrogen and oxygen atoms in total. The Bertz CT molecular complexity index is 649. The van der Waals surface area contributed by atoms with Crippen molar-refractivity contribution < 1.29 is 4.79 Å². The van der Waals surface area contributed by atoms with Gasteiger partial charge in [0.2, 0.25) is 5.91 Å². The SMILES string of the molecule is Cc1ccc(NC(C)C(=O)Nc2ccccc2C)c(C)c1. The summed E-state index contributed by atoms with van der Waals surface area (Å²) in [5.41, 5.74) is 5.27. The molecular formula is C18H22N2O. The Morgan fingerprint density at radius 2 is 1.67 bits per heavy atom. The van der Waals surface area contributed by atoms with E-state index < -0.39 is 0 Å². The van der Waals surface area contributed by atoms with Crippen molar-refractivity contribution in [2.45, 2.75) is 33.7 Å². The fourth-order valence-electron chi connectivity index (χ4n) is 2.23. The van der Waals surface area contributed by atoms with Crippen molar-refractivity contribution in [2.75, 3.05) is 10.6 Å². The van der Waals surface area contributed by atoms with Crippen LogP contribution in [0.15, 0.2) is 42.5 Å². The highest BCUT2D eigenvalue weighted by atomic mass is 16.2. The van der Waals surface area contributed by atoms with Gasteiger partial charge in [0.1, 0.15) is 6.04 Å². The largest absolute Gasteiger partial charge is 0.374 e. The van der Waals surface area contributed by atoms with Gasteiger partial charge in [0.15, 0.2) is 0 Å². The maximum atomic E-state index is 12.3. The second kappa shape index (κ2) is 6.44. The molecule has 2 aromatic carbocycles. The lowest BCUT2D eigenvalue weighted by molar-refractivity contribution is -0.116. The maximum Gasteiger partial charge on any atom is 0.246 e. The van der Waals surface area contributed by atoms with Crippen LogP contribution >= 0.6 is 0 Å². The summed E-state index contributed by atoms with van der Waals surface area (Å²) in [5, 5.41) is 6.22. The Balaban J connectivity index is 2.04. The second-order valence-corrected chi connectivity index (χ2v) is 5.49. The van der Waals surface area contributed by atoms with Crippen molar-refractivity contribution in [2.24, 2.45) is 0 Å². The standard InChI is InChI=1S/C18H22N2O/c1-12-9-10-17(14(3)11-12)19-15(4)18(21)20-16-8-6-5-7-13(16)2/h5-11,15,19H,1-4H3,(H,20,21). The van der Waals surface area contributed by atoms with E-state index in [1.807, 2.05) is 57.2 Å². The van der Waals surface area contributed by atoms with E-state index in [1.54, 1.807) is 0 Å². The number of anilines is 2. The molecular weight excluding hydrogens is 260 g/mol. The van der Waals surface area contributed by atoms with Crippen LogP contribution in [0.5, 0.6) is 0 Å². The van der Waals surface area contributed by atoms with E-state index in [-0.39, 0.29) is 11.9 Å². The lowest BCUT2D eigenvalue weighted by Crippen LogP contribution is -2.32. The first-order valence-corrected chi connectivity index (χ1v) is 7.17. The third-order valence-corrected chi connectivity index (χ3v) is 3.55. The number of para-hydroxylation sites is 1. The summed E-state index contributed by atoms with van der Waals surface area (Å²) < 4.78 is 0. The lowest BCUT2D eigenvalue weighted by Gasteiger charge is -2.18. The summed E-state index contributed by atoms with van der Waals surface area (Å²) in [4.78, 5) is 12.3. The molecule has 0 aliphatic carbocycles. The van der Waals surface area contributed by atoms with Crippen LogP contribution in [0.4, 0.5) is 11.4 Å². The van der Waals surface area contributed by atoms with E-state index in [1.165, 1.54) is 5.56 Å². The first kappa shape index (κ1) is 15.1. The Morgan fingerprint density at radius 1 is 0.952 bits per heavy atom. The van der Waals surface area contributed by atoms with Crippen LogP contribution < -0.4 is 10.6 Å². The number of hydrogen-bond acceptors (Lipinski definition) is 2. The van der Waals surface area contributed by atoms with Gasteiger partial charge in [-0.25, -0.2) is 0 Å². The van der Waals surface area contributed by atoms with Crippen molar-refractivity contribution in [3.05, 3.63) is 59.2 Å². The molecule has 2 N–H and O–H groups in total. The zero-order valence-corrected chi connectivity index (χ0v) is 13.0. The first-order chi connectivity index (χ1) is 9.97. The van der Waals surface area contributed by atoms with Crippen LogP contribution in [-0.4, -0.2) is 11.9 Å². The highest BCUT2D eigenvalue weighted by molar-refractivity contribution is 5.96. The van der Waals surface area contributed by atoms with Crippen LogP contribution in [0.2, 0.25) is 0 Å². The third kappa shape index (κ3) is 3.85. The van der Waals surface area contributed by atoms with E-state index in [9.17, 15) is 4.79 Å². The number of nitrogens with one attached hydrogen (secondary N) is 2. The van der Waals surface area contributed by atoms with Gasteiger partial charge < -0.3 is 10.6 Å². The molecule has 110 valence electrons. The molecule has 0 bridgehead atoms. The predicted molar refractivity (Wildman–Crippen MR) is 88.8 cm³/mol. The monoisotopic (exact) mass is 282 g/mol. The van der Waals surface area contributed by atoms with Crippen LogP contribution in [0.25, 0.3) is 0 Å². The normalized spacial score (nSPS) is 11.8. The van der Waals surface area contributed by atoms with E-state index in [0.29, 0.717) is 0 Å².